The molecule has 2 bridgehead atoms. The number of aryl methyl sites for hydroxylation is 1. The number of anilines is 1. The minimum atomic E-state index is -0.485. The number of nitrogens with zero attached hydrogens (tertiary/aromatic N) is 7. The van der Waals surface area contributed by atoms with Crippen molar-refractivity contribution in [1.82, 2.24) is 19.7 Å². The lowest BCUT2D eigenvalue weighted by molar-refractivity contribution is -0.0758. The standard InChI is InChI=1S/C22H31N7O2.C6H6/c1-15-5-7-27(11-15)18-9-16(2)20-25-21(26-28(20)12-18)22-10-17(14-31-22)19(22)13-29(23-3)24-6-4-8-30;1-2-4-6-5-3-1/h6,9,12,15,17,19,30H,3-5,7-8,10-11,13-14H2,1-2H3;1-6H/b24-6-;. The molecule has 4 aliphatic rings. The lowest BCUT2D eigenvalue weighted by Gasteiger charge is -2.43. The number of aromatic nitrogens is 3. The second-order valence-electron chi connectivity index (χ2n) is 10.4. The van der Waals surface area contributed by atoms with Gasteiger partial charge in [-0.25, -0.2) is 9.50 Å². The van der Waals surface area contributed by atoms with E-state index in [1.54, 1.807) is 11.3 Å². The first-order valence-electron chi connectivity index (χ1n) is 13.2. The Morgan fingerprint density at radius 1 is 1.27 bits per heavy atom. The molecule has 4 fully saturated rings. The van der Waals surface area contributed by atoms with E-state index in [0.29, 0.717) is 25.5 Å². The van der Waals surface area contributed by atoms with Crippen LogP contribution in [0.4, 0.5) is 5.69 Å². The van der Waals surface area contributed by atoms with Crippen LogP contribution in [0.5, 0.6) is 0 Å². The number of benzene rings is 1. The zero-order valence-electron chi connectivity index (χ0n) is 21.8. The summed E-state index contributed by atoms with van der Waals surface area (Å²) < 4.78 is 8.19. The number of aliphatic hydroxyl groups excluding tert-OH is 1. The number of ether oxygens (including phenoxy) is 1. The largest absolute Gasteiger partial charge is 0.396 e. The minimum absolute atomic E-state index is 0.0659. The quantitative estimate of drug-likeness (QED) is 0.372. The van der Waals surface area contributed by atoms with Gasteiger partial charge in [0, 0.05) is 45.0 Å². The van der Waals surface area contributed by atoms with Gasteiger partial charge in [0.2, 0.25) is 0 Å². The molecule has 2 aromatic heterocycles. The molecule has 0 spiro atoms. The molecule has 3 aliphatic heterocycles. The van der Waals surface area contributed by atoms with Gasteiger partial charge in [0.1, 0.15) is 5.60 Å². The maximum atomic E-state index is 8.97. The molecule has 37 heavy (non-hydrogen) atoms. The molecule has 1 N–H and O–H groups in total. The van der Waals surface area contributed by atoms with Crippen LogP contribution in [-0.2, 0) is 10.3 Å². The minimum Gasteiger partial charge on any atom is -0.396 e. The van der Waals surface area contributed by atoms with Crippen LogP contribution in [0.3, 0.4) is 0 Å². The monoisotopic (exact) mass is 503 g/mol. The summed E-state index contributed by atoms with van der Waals surface area (Å²) in [5.74, 6) is 2.14. The van der Waals surface area contributed by atoms with Gasteiger partial charge in [-0.3, -0.25) is 0 Å². The van der Waals surface area contributed by atoms with Gasteiger partial charge in [-0.2, -0.15) is 15.3 Å². The zero-order chi connectivity index (χ0) is 25.8. The summed E-state index contributed by atoms with van der Waals surface area (Å²) in [5, 5.41) is 23.8. The fourth-order valence-corrected chi connectivity index (χ4v) is 5.68. The SMILES string of the molecule is C=NN(CC1C2COC1(c1nc3c(C)cc(N4CCC(C)C4)cn3n1)C2)/N=C\CCO.c1ccccc1. The van der Waals surface area contributed by atoms with E-state index in [4.69, 9.17) is 19.9 Å². The van der Waals surface area contributed by atoms with Crippen molar-refractivity contribution in [2.75, 3.05) is 37.7 Å². The number of hydrazone groups is 2. The van der Waals surface area contributed by atoms with E-state index >= 15 is 0 Å². The van der Waals surface area contributed by atoms with Crippen molar-refractivity contribution in [3.05, 3.63) is 60.0 Å². The molecule has 9 heteroatoms. The van der Waals surface area contributed by atoms with Crippen molar-refractivity contribution in [3.63, 3.8) is 0 Å². The molecular weight excluding hydrogens is 466 g/mol. The second kappa shape index (κ2) is 11.0. The summed E-state index contributed by atoms with van der Waals surface area (Å²) in [7, 11) is 0. The smallest absolute Gasteiger partial charge is 0.183 e. The number of rotatable bonds is 8. The topological polar surface area (TPSA) is 90.9 Å². The Balaban J connectivity index is 0.000000412. The molecule has 0 radical (unpaired) electrons. The number of hydrogen-bond acceptors (Lipinski definition) is 8. The predicted octanol–water partition coefficient (Wildman–Crippen LogP) is 3.72. The van der Waals surface area contributed by atoms with Gasteiger partial charge < -0.3 is 14.7 Å². The van der Waals surface area contributed by atoms with Crippen molar-refractivity contribution in [2.24, 2.45) is 28.0 Å². The van der Waals surface area contributed by atoms with Crippen LogP contribution >= 0.6 is 0 Å². The normalized spacial score (nSPS) is 26.2. The van der Waals surface area contributed by atoms with E-state index < -0.39 is 5.60 Å². The fraction of sp³-hybridized carbons (Fsp3) is 0.500. The second-order valence-corrected chi connectivity index (χ2v) is 10.4. The highest BCUT2D eigenvalue weighted by Crippen LogP contribution is 2.59. The Kier molecular flexibility index (Phi) is 7.53. The molecule has 4 atom stereocenters. The summed E-state index contributed by atoms with van der Waals surface area (Å²) in [5.41, 5.74) is 2.73. The van der Waals surface area contributed by atoms with Gasteiger partial charge in [0.05, 0.1) is 25.0 Å². The Bertz CT molecular complexity index is 1200. The molecule has 1 aromatic carbocycles. The lowest BCUT2D eigenvalue weighted by atomic mass is 9.63. The molecule has 7 rings (SSSR count). The predicted molar refractivity (Wildman–Crippen MR) is 146 cm³/mol. The summed E-state index contributed by atoms with van der Waals surface area (Å²) in [6.45, 7) is 11.6. The number of hydrogen-bond donors (Lipinski definition) is 1. The molecule has 0 amide bonds. The average molecular weight is 504 g/mol. The van der Waals surface area contributed by atoms with E-state index in [2.05, 4.69) is 47.9 Å². The first kappa shape index (κ1) is 25.4. The summed E-state index contributed by atoms with van der Waals surface area (Å²) >= 11 is 0. The third-order valence-electron chi connectivity index (χ3n) is 7.72. The van der Waals surface area contributed by atoms with Crippen molar-refractivity contribution in [3.8, 4) is 0 Å². The highest BCUT2D eigenvalue weighted by atomic mass is 16.5. The Morgan fingerprint density at radius 3 is 2.65 bits per heavy atom. The Hall–Kier alpha value is -3.30. The average Bonchev–Trinajstić information content (AvgIpc) is 3.70. The highest BCUT2D eigenvalue weighted by molar-refractivity contribution is 5.58. The van der Waals surface area contributed by atoms with Crippen molar-refractivity contribution in [2.45, 2.75) is 38.7 Å². The van der Waals surface area contributed by atoms with Gasteiger partial charge in [-0.15, -0.1) is 5.10 Å². The first-order valence-corrected chi connectivity index (χ1v) is 13.2. The molecular formula is C28H37N7O2. The molecule has 3 aromatic rings. The van der Waals surface area contributed by atoms with Crippen LogP contribution < -0.4 is 4.90 Å². The fourth-order valence-electron chi connectivity index (χ4n) is 5.68. The molecule has 3 saturated heterocycles. The van der Waals surface area contributed by atoms with Crippen LogP contribution in [0.15, 0.2) is 58.9 Å². The lowest BCUT2D eigenvalue weighted by Crippen LogP contribution is -2.50. The van der Waals surface area contributed by atoms with Crippen LogP contribution in [0.25, 0.3) is 5.65 Å². The van der Waals surface area contributed by atoms with Crippen LogP contribution in [0, 0.1) is 24.7 Å². The van der Waals surface area contributed by atoms with Crippen LogP contribution in [0.1, 0.15) is 37.6 Å². The zero-order valence-corrected chi connectivity index (χ0v) is 21.8. The highest BCUT2D eigenvalue weighted by Gasteiger charge is 2.64. The molecule has 1 aliphatic carbocycles. The van der Waals surface area contributed by atoms with E-state index in [-0.39, 0.29) is 12.5 Å². The summed E-state index contributed by atoms with van der Waals surface area (Å²) in [6, 6.07) is 14.2. The first-order chi connectivity index (χ1) is 18.0. The maximum absolute atomic E-state index is 8.97. The van der Waals surface area contributed by atoms with Crippen molar-refractivity contribution < 1.29 is 9.84 Å². The van der Waals surface area contributed by atoms with Crippen LogP contribution in [-0.4, -0.2) is 70.6 Å². The Labute approximate surface area is 218 Å². The third-order valence-corrected chi connectivity index (χ3v) is 7.72. The maximum Gasteiger partial charge on any atom is 0.183 e. The number of fused-ring (bicyclic) bond motifs is 2. The van der Waals surface area contributed by atoms with E-state index in [9.17, 15) is 0 Å². The van der Waals surface area contributed by atoms with Crippen molar-refractivity contribution in [1.29, 1.82) is 0 Å². The molecule has 9 nitrogen and oxygen atoms in total. The van der Waals surface area contributed by atoms with Gasteiger partial charge in [-0.05, 0) is 43.2 Å². The molecule has 4 unspecified atom stereocenters. The summed E-state index contributed by atoms with van der Waals surface area (Å²) in [4.78, 5) is 7.35. The van der Waals surface area contributed by atoms with E-state index in [1.165, 1.54) is 12.1 Å². The van der Waals surface area contributed by atoms with E-state index in [0.717, 1.165) is 42.5 Å². The van der Waals surface area contributed by atoms with Crippen molar-refractivity contribution >= 4 is 24.3 Å². The summed E-state index contributed by atoms with van der Waals surface area (Å²) in [6.07, 6.45) is 6.41. The van der Waals surface area contributed by atoms with Gasteiger partial charge >= 0.3 is 0 Å². The number of aliphatic hydroxyl groups is 1. The van der Waals surface area contributed by atoms with Crippen LogP contribution in [0.2, 0.25) is 0 Å². The van der Waals surface area contributed by atoms with Gasteiger partial charge in [0.25, 0.3) is 0 Å². The third kappa shape index (κ3) is 5.10. The van der Waals surface area contributed by atoms with Gasteiger partial charge in [0.15, 0.2) is 11.5 Å². The van der Waals surface area contributed by atoms with E-state index in [1.807, 2.05) is 40.9 Å². The van der Waals surface area contributed by atoms with Gasteiger partial charge in [-0.1, -0.05) is 43.3 Å². The molecule has 1 saturated carbocycles. The Morgan fingerprint density at radius 2 is 2.03 bits per heavy atom. The number of pyridine rings is 1. The molecule has 5 heterocycles. The molecule has 196 valence electrons.